The Morgan fingerprint density at radius 1 is 0.833 bits per heavy atom. The Labute approximate surface area is 72.2 Å². The molecule has 0 fully saturated rings. The molecule has 0 aromatic rings. The van der Waals surface area contributed by atoms with Gasteiger partial charge in [-0.15, -0.1) is 13.2 Å². The average molecular weight is 237 g/mol. The van der Waals surface area contributed by atoms with E-state index in [0.29, 0.717) is 0 Å². The second-order valence-corrected chi connectivity index (χ2v) is 2.52. The first-order chi connectivity index (χ1) is 4.96. The van der Waals surface area contributed by atoms with Crippen LogP contribution in [-0.2, 0) is 4.74 Å². The van der Waals surface area contributed by atoms with Crippen molar-refractivity contribution in [2.24, 2.45) is 0 Å². The summed E-state index contributed by atoms with van der Waals surface area (Å²) in [7, 11) is 0. The minimum Gasteiger partial charge on any atom is -0.234 e. The van der Waals surface area contributed by atoms with Crippen LogP contribution in [0.25, 0.3) is 0 Å². The van der Waals surface area contributed by atoms with Crippen molar-refractivity contribution in [1.82, 2.24) is 0 Å². The molecule has 12 heavy (non-hydrogen) atoms. The molecule has 1 nitrogen and oxygen atoms in total. The Morgan fingerprint density at radius 3 is 1.25 bits per heavy atom. The summed E-state index contributed by atoms with van der Waals surface area (Å²) >= 11 is 7.87. The summed E-state index contributed by atoms with van der Waals surface area (Å²) in [6.45, 7) is 0. The molecule has 0 bridgehead atoms. The van der Waals surface area contributed by atoms with E-state index in [4.69, 9.17) is 0 Å². The van der Waals surface area contributed by atoms with Crippen molar-refractivity contribution in [3.8, 4) is 0 Å². The van der Waals surface area contributed by atoms with Gasteiger partial charge < -0.3 is 0 Å². The monoisotopic (exact) mass is 236 g/mol. The maximum absolute atomic E-state index is 12.0. The third-order valence-electron chi connectivity index (χ3n) is 0.574. The number of rotatable bonds is 2. The predicted molar refractivity (Wildman–Crippen MR) is 27.6 cm³/mol. The summed E-state index contributed by atoms with van der Waals surface area (Å²) < 4.78 is 71.0. The van der Waals surface area contributed by atoms with Crippen LogP contribution < -0.4 is 0 Å². The lowest BCUT2D eigenvalue weighted by Gasteiger charge is -2.23. The lowest BCUT2D eigenvalue weighted by molar-refractivity contribution is -0.392. The first kappa shape index (κ1) is 12.1. The minimum absolute atomic E-state index is 2.21. The Balaban J connectivity index is 4.44. The number of halogens is 8. The third-order valence-corrected chi connectivity index (χ3v) is 1.23. The molecule has 74 valence electrons. The molecule has 0 aliphatic heterocycles. The fourth-order valence-corrected chi connectivity index (χ4v) is 0.329. The zero-order chi connectivity index (χ0) is 10.2. The Bertz CT molecular complexity index is 159. The van der Waals surface area contributed by atoms with Gasteiger partial charge in [0, 0.05) is 0 Å². The molecule has 0 N–H and O–H groups in total. The Hall–Kier alpha value is 0.120. The highest BCUT2D eigenvalue weighted by molar-refractivity contribution is 6.31. The normalized spacial score (nSPS) is 19.0. The standard InChI is InChI=1S/C3Cl2F6O/c4-1(6,7)2(5,8)12-3(9,10)11. The summed E-state index contributed by atoms with van der Waals surface area (Å²) in [6, 6.07) is 0. The van der Waals surface area contributed by atoms with Gasteiger partial charge >= 0.3 is 17.1 Å². The highest BCUT2D eigenvalue weighted by atomic mass is 35.5. The van der Waals surface area contributed by atoms with Gasteiger partial charge in [-0.1, -0.05) is 0 Å². The smallest absolute Gasteiger partial charge is 0.234 e. The molecule has 0 spiro atoms. The van der Waals surface area contributed by atoms with Crippen LogP contribution in [0.15, 0.2) is 0 Å². The Morgan fingerprint density at radius 2 is 1.17 bits per heavy atom. The molecule has 0 rings (SSSR count). The van der Waals surface area contributed by atoms with Crippen LogP contribution in [0.1, 0.15) is 0 Å². The molecule has 0 aliphatic carbocycles. The fourth-order valence-electron chi connectivity index (χ4n) is 0.203. The fraction of sp³-hybridized carbons (Fsp3) is 1.00. The van der Waals surface area contributed by atoms with Crippen molar-refractivity contribution in [3.05, 3.63) is 0 Å². The summed E-state index contributed by atoms with van der Waals surface area (Å²) in [5.41, 5.74) is 0. The van der Waals surface area contributed by atoms with E-state index in [1.165, 1.54) is 0 Å². The van der Waals surface area contributed by atoms with Crippen molar-refractivity contribution in [1.29, 1.82) is 0 Å². The topological polar surface area (TPSA) is 9.23 Å². The van der Waals surface area contributed by atoms with Crippen LogP contribution in [0.4, 0.5) is 26.3 Å². The molecule has 9 heteroatoms. The van der Waals surface area contributed by atoms with Crippen LogP contribution >= 0.6 is 23.2 Å². The molecule has 1 atom stereocenters. The molecule has 1 unspecified atom stereocenters. The summed E-state index contributed by atoms with van der Waals surface area (Å²) in [4.78, 5) is 0. The SMILES string of the molecule is FC(F)(F)OC(F)(Cl)C(F)(F)Cl. The third kappa shape index (κ3) is 3.68. The van der Waals surface area contributed by atoms with Crippen molar-refractivity contribution >= 4 is 23.2 Å². The maximum atomic E-state index is 12.0. The van der Waals surface area contributed by atoms with Gasteiger partial charge in [-0.25, -0.2) is 4.74 Å². The van der Waals surface area contributed by atoms with E-state index in [0.717, 1.165) is 0 Å². The van der Waals surface area contributed by atoms with Gasteiger partial charge in [-0.2, -0.15) is 13.2 Å². The predicted octanol–water partition coefficient (Wildman–Crippen LogP) is 3.22. The molecule has 0 saturated carbocycles. The number of hydrogen-bond acceptors (Lipinski definition) is 1. The molecule has 0 saturated heterocycles. The van der Waals surface area contributed by atoms with Gasteiger partial charge in [-0.05, 0) is 23.2 Å². The molecular weight excluding hydrogens is 237 g/mol. The van der Waals surface area contributed by atoms with Gasteiger partial charge in [0.05, 0.1) is 0 Å². The van der Waals surface area contributed by atoms with E-state index in [-0.39, 0.29) is 0 Å². The van der Waals surface area contributed by atoms with Crippen LogP contribution in [0.3, 0.4) is 0 Å². The minimum atomic E-state index is -5.63. The number of hydrogen-bond donors (Lipinski definition) is 0. The molecule has 0 heterocycles. The van der Waals surface area contributed by atoms with Crippen molar-refractivity contribution < 1.29 is 31.1 Å². The van der Waals surface area contributed by atoms with Crippen molar-refractivity contribution in [2.45, 2.75) is 17.1 Å². The van der Waals surface area contributed by atoms with Crippen LogP contribution in [-0.4, -0.2) is 17.1 Å². The maximum Gasteiger partial charge on any atom is 0.526 e. The zero-order valence-electron chi connectivity index (χ0n) is 4.93. The summed E-state index contributed by atoms with van der Waals surface area (Å²) in [6.07, 6.45) is -5.63. The van der Waals surface area contributed by atoms with E-state index >= 15 is 0 Å². The quantitative estimate of drug-likeness (QED) is 0.529. The number of alkyl halides is 8. The van der Waals surface area contributed by atoms with E-state index in [9.17, 15) is 26.3 Å². The summed E-state index contributed by atoms with van der Waals surface area (Å²) in [5.74, 6) is 0. The first-order valence-electron chi connectivity index (χ1n) is 2.17. The summed E-state index contributed by atoms with van der Waals surface area (Å²) in [5, 5.41) is -9.77. The van der Waals surface area contributed by atoms with Crippen LogP contribution in [0.5, 0.6) is 0 Å². The van der Waals surface area contributed by atoms with E-state index in [1.807, 2.05) is 0 Å². The second kappa shape index (κ2) is 3.12. The lowest BCUT2D eigenvalue weighted by Crippen LogP contribution is -2.41. The van der Waals surface area contributed by atoms with Gasteiger partial charge in [0.25, 0.3) is 0 Å². The highest BCUT2D eigenvalue weighted by Crippen LogP contribution is 2.43. The molecule has 0 aromatic carbocycles. The molecule has 0 aliphatic rings. The molecule has 0 amide bonds. The van der Waals surface area contributed by atoms with E-state index in [1.54, 1.807) is 0 Å². The second-order valence-electron chi connectivity index (χ2n) is 1.56. The zero-order valence-corrected chi connectivity index (χ0v) is 6.44. The van der Waals surface area contributed by atoms with Crippen LogP contribution in [0.2, 0.25) is 0 Å². The molecule has 0 radical (unpaired) electrons. The van der Waals surface area contributed by atoms with Crippen molar-refractivity contribution in [2.75, 3.05) is 0 Å². The molecule has 0 aromatic heterocycles. The largest absolute Gasteiger partial charge is 0.526 e. The van der Waals surface area contributed by atoms with Gasteiger partial charge in [0.1, 0.15) is 0 Å². The first-order valence-corrected chi connectivity index (χ1v) is 2.93. The van der Waals surface area contributed by atoms with Crippen molar-refractivity contribution in [3.63, 3.8) is 0 Å². The number of ether oxygens (including phenoxy) is 1. The Kier molecular flexibility index (Phi) is 3.15. The van der Waals surface area contributed by atoms with Gasteiger partial charge in [0.2, 0.25) is 0 Å². The van der Waals surface area contributed by atoms with Crippen LogP contribution in [0, 0.1) is 0 Å². The van der Waals surface area contributed by atoms with Gasteiger partial charge in [0.15, 0.2) is 0 Å². The van der Waals surface area contributed by atoms with Gasteiger partial charge in [-0.3, -0.25) is 0 Å². The van der Waals surface area contributed by atoms with E-state index < -0.39 is 17.1 Å². The highest BCUT2D eigenvalue weighted by Gasteiger charge is 2.59. The lowest BCUT2D eigenvalue weighted by atomic mass is 10.7. The average Bonchev–Trinajstić information content (AvgIpc) is 1.52. The molecular formula is C3Cl2F6O. The van der Waals surface area contributed by atoms with E-state index in [2.05, 4.69) is 27.9 Å².